The molecule has 6 heteroatoms. The number of pyridine rings is 1. The molecular weight excluding hydrogens is 266 g/mol. The van der Waals surface area contributed by atoms with Crippen molar-refractivity contribution in [3.8, 4) is 5.75 Å². The number of aryl methyl sites for hydroxylation is 1. The van der Waals surface area contributed by atoms with E-state index in [4.69, 9.17) is 0 Å². The van der Waals surface area contributed by atoms with Crippen molar-refractivity contribution in [3.63, 3.8) is 0 Å². The Morgan fingerprint density at radius 2 is 1.95 bits per heavy atom. The lowest BCUT2D eigenvalue weighted by Gasteiger charge is -2.12. The number of ether oxygens (including phenoxy) is 1. The molecule has 2 rings (SSSR count). The zero-order chi connectivity index (χ0) is 14.5. The molecule has 1 aromatic heterocycles. The third-order valence-electron chi connectivity index (χ3n) is 2.54. The van der Waals surface area contributed by atoms with Crippen LogP contribution in [0.3, 0.4) is 0 Å². The van der Waals surface area contributed by atoms with E-state index in [1.165, 1.54) is 30.6 Å². The Morgan fingerprint density at radius 3 is 2.60 bits per heavy atom. The summed E-state index contributed by atoms with van der Waals surface area (Å²) in [5.74, 6) is -0.495. The highest BCUT2D eigenvalue weighted by Crippen LogP contribution is 2.27. The molecule has 0 spiro atoms. The van der Waals surface area contributed by atoms with Crippen LogP contribution < -0.4 is 10.1 Å². The normalized spacial score (nSPS) is 10.4. The average Bonchev–Trinajstić information content (AvgIpc) is 2.42. The number of benzene rings is 1. The Morgan fingerprint density at radius 1 is 1.25 bits per heavy atom. The Labute approximate surface area is 114 Å². The summed E-state index contributed by atoms with van der Waals surface area (Å²) in [6, 6.07) is 7.64. The number of hydrogen-bond acceptors (Lipinski definition) is 3. The van der Waals surface area contributed by atoms with Gasteiger partial charge in [-0.25, -0.2) is 0 Å². The molecule has 0 atom stereocenters. The summed E-state index contributed by atoms with van der Waals surface area (Å²) >= 11 is 0. The van der Waals surface area contributed by atoms with Crippen molar-refractivity contribution in [2.45, 2.75) is 13.5 Å². The van der Waals surface area contributed by atoms with Crippen molar-refractivity contribution in [2.75, 3.05) is 5.32 Å². The zero-order valence-electron chi connectivity index (χ0n) is 10.6. The number of nitrogens with zero attached hydrogens (tertiary/aromatic N) is 1. The van der Waals surface area contributed by atoms with E-state index in [1.54, 1.807) is 19.1 Å². The molecular formula is C14H12F2N2O2. The van der Waals surface area contributed by atoms with E-state index < -0.39 is 12.5 Å². The molecule has 0 aliphatic rings. The number of nitrogens with one attached hydrogen (secondary N) is 1. The SMILES string of the molecule is Cc1ccc(OC(F)F)c(NC(=O)c2ccncc2)c1. The number of anilines is 1. The summed E-state index contributed by atoms with van der Waals surface area (Å²) in [6.45, 7) is -1.16. The first-order valence-corrected chi connectivity index (χ1v) is 5.83. The largest absolute Gasteiger partial charge is 0.433 e. The Hall–Kier alpha value is -2.50. The van der Waals surface area contributed by atoms with Gasteiger partial charge >= 0.3 is 6.61 Å². The second-order valence-corrected chi connectivity index (χ2v) is 4.07. The highest BCUT2D eigenvalue weighted by molar-refractivity contribution is 6.04. The van der Waals surface area contributed by atoms with Crippen molar-refractivity contribution in [2.24, 2.45) is 0 Å². The molecule has 0 saturated heterocycles. The van der Waals surface area contributed by atoms with Gasteiger partial charge in [-0.3, -0.25) is 9.78 Å². The van der Waals surface area contributed by atoms with Crippen LogP contribution in [0.15, 0.2) is 42.7 Å². The van der Waals surface area contributed by atoms with E-state index in [2.05, 4.69) is 15.0 Å². The molecule has 104 valence electrons. The van der Waals surface area contributed by atoms with E-state index >= 15 is 0 Å². The molecule has 0 saturated carbocycles. The number of aromatic nitrogens is 1. The summed E-state index contributed by atoms with van der Waals surface area (Å²) < 4.78 is 29.0. The van der Waals surface area contributed by atoms with Gasteiger partial charge in [0.25, 0.3) is 5.91 Å². The van der Waals surface area contributed by atoms with Crippen molar-refractivity contribution in [1.82, 2.24) is 4.98 Å². The van der Waals surface area contributed by atoms with Crippen LogP contribution in [0.2, 0.25) is 0 Å². The Kier molecular flexibility index (Phi) is 4.24. The number of carbonyl (C=O) groups is 1. The third kappa shape index (κ3) is 3.50. The summed E-state index contributed by atoms with van der Waals surface area (Å²) in [4.78, 5) is 15.8. The fraction of sp³-hybridized carbons (Fsp3) is 0.143. The minimum Gasteiger partial charge on any atom is -0.433 e. The van der Waals surface area contributed by atoms with Crippen molar-refractivity contribution >= 4 is 11.6 Å². The van der Waals surface area contributed by atoms with Gasteiger partial charge in [-0.2, -0.15) is 8.78 Å². The first kappa shape index (κ1) is 13.9. The first-order valence-electron chi connectivity index (χ1n) is 5.83. The number of rotatable bonds is 4. The summed E-state index contributed by atoms with van der Waals surface area (Å²) in [6.07, 6.45) is 2.95. The summed E-state index contributed by atoms with van der Waals surface area (Å²) in [5.41, 5.74) is 1.40. The highest BCUT2D eigenvalue weighted by atomic mass is 19.3. The minimum absolute atomic E-state index is 0.0759. The molecule has 4 nitrogen and oxygen atoms in total. The maximum Gasteiger partial charge on any atom is 0.387 e. The van der Waals surface area contributed by atoms with Crippen molar-refractivity contribution < 1.29 is 18.3 Å². The molecule has 0 fully saturated rings. The lowest BCUT2D eigenvalue weighted by Crippen LogP contribution is -2.14. The average molecular weight is 278 g/mol. The van der Waals surface area contributed by atoms with Crippen LogP contribution in [0.1, 0.15) is 15.9 Å². The van der Waals surface area contributed by atoms with Crippen LogP contribution in [0, 0.1) is 6.92 Å². The van der Waals surface area contributed by atoms with Crippen LogP contribution in [-0.4, -0.2) is 17.5 Å². The second-order valence-electron chi connectivity index (χ2n) is 4.07. The molecule has 0 aliphatic carbocycles. The molecule has 1 amide bonds. The molecule has 0 unspecified atom stereocenters. The van der Waals surface area contributed by atoms with Crippen LogP contribution in [0.4, 0.5) is 14.5 Å². The Bertz CT molecular complexity index is 603. The maximum atomic E-state index is 12.3. The predicted molar refractivity (Wildman–Crippen MR) is 70.0 cm³/mol. The van der Waals surface area contributed by atoms with Gasteiger partial charge in [0, 0.05) is 18.0 Å². The lowest BCUT2D eigenvalue weighted by atomic mass is 10.2. The van der Waals surface area contributed by atoms with Crippen LogP contribution >= 0.6 is 0 Å². The fourth-order valence-corrected chi connectivity index (χ4v) is 1.64. The van der Waals surface area contributed by atoms with E-state index in [1.807, 2.05) is 0 Å². The molecule has 0 radical (unpaired) electrons. The highest BCUT2D eigenvalue weighted by Gasteiger charge is 2.13. The third-order valence-corrected chi connectivity index (χ3v) is 2.54. The van der Waals surface area contributed by atoms with E-state index in [-0.39, 0.29) is 11.4 Å². The van der Waals surface area contributed by atoms with Gasteiger partial charge in [0.1, 0.15) is 5.75 Å². The van der Waals surface area contributed by atoms with Gasteiger partial charge < -0.3 is 10.1 Å². The van der Waals surface area contributed by atoms with Crippen LogP contribution in [0.25, 0.3) is 0 Å². The zero-order valence-corrected chi connectivity index (χ0v) is 10.6. The number of halogens is 2. The van der Waals surface area contributed by atoms with Gasteiger partial charge in [-0.15, -0.1) is 0 Å². The van der Waals surface area contributed by atoms with Crippen molar-refractivity contribution in [1.29, 1.82) is 0 Å². The molecule has 20 heavy (non-hydrogen) atoms. The number of carbonyl (C=O) groups excluding carboxylic acids is 1. The second kappa shape index (κ2) is 6.10. The smallest absolute Gasteiger partial charge is 0.387 e. The molecule has 1 heterocycles. The molecule has 1 N–H and O–H groups in total. The molecule has 1 aromatic carbocycles. The number of hydrogen-bond donors (Lipinski definition) is 1. The quantitative estimate of drug-likeness (QED) is 0.934. The molecule has 2 aromatic rings. The lowest BCUT2D eigenvalue weighted by molar-refractivity contribution is -0.0493. The van der Waals surface area contributed by atoms with E-state index in [0.717, 1.165) is 5.56 Å². The van der Waals surface area contributed by atoms with Crippen molar-refractivity contribution in [3.05, 3.63) is 53.9 Å². The topological polar surface area (TPSA) is 51.2 Å². The first-order chi connectivity index (χ1) is 9.56. The predicted octanol–water partition coefficient (Wildman–Crippen LogP) is 3.24. The van der Waals surface area contributed by atoms with Gasteiger partial charge in [-0.05, 0) is 36.8 Å². The minimum atomic E-state index is -2.95. The van der Waals surface area contributed by atoms with Crippen LogP contribution in [0.5, 0.6) is 5.75 Å². The Balaban J connectivity index is 2.24. The van der Waals surface area contributed by atoms with E-state index in [9.17, 15) is 13.6 Å². The maximum absolute atomic E-state index is 12.3. The van der Waals surface area contributed by atoms with Gasteiger partial charge in [0.2, 0.25) is 0 Å². The number of alkyl halides is 2. The fourth-order valence-electron chi connectivity index (χ4n) is 1.64. The van der Waals surface area contributed by atoms with Gasteiger partial charge in [-0.1, -0.05) is 6.07 Å². The van der Waals surface area contributed by atoms with E-state index in [0.29, 0.717) is 5.56 Å². The van der Waals surface area contributed by atoms with Gasteiger partial charge in [0.05, 0.1) is 5.69 Å². The van der Waals surface area contributed by atoms with Crippen LogP contribution in [-0.2, 0) is 0 Å². The number of amides is 1. The molecule has 0 bridgehead atoms. The monoisotopic (exact) mass is 278 g/mol. The standard InChI is InChI=1S/C14H12F2N2O2/c1-9-2-3-12(20-14(15)16)11(8-9)18-13(19)10-4-6-17-7-5-10/h2-8,14H,1H3,(H,18,19). The molecule has 0 aliphatic heterocycles. The summed E-state index contributed by atoms with van der Waals surface area (Å²) in [5, 5.41) is 2.55. The summed E-state index contributed by atoms with van der Waals surface area (Å²) in [7, 11) is 0. The van der Waals surface area contributed by atoms with Gasteiger partial charge in [0.15, 0.2) is 0 Å².